The number of piperidine rings is 1. The zero-order valence-corrected chi connectivity index (χ0v) is 14.3. The lowest BCUT2D eigenvalue weighted by Gasteiger charge is -2.44. The summed E-state index contributed by atoms with van der Waals surface area (Å²) >= 11 is 0. The molecule has 3 atom stereocenters. The fourth-order valence-electron chi connectivity index (χ4n) is 5.24. The number of rotatable bonds is 3. The minimum atomic E-state index is -0.317. The Morgan fingerprint density at radius 2 is 1.74 bits per heavy atom. The first kappa shape index (κ1) is 15.7. The molecule has 0 spiro atoms. The molecule has 23 heavy (non-hydrogen) atoms. The van der Waals surface area contributed by atoms with Crippen LogP contribution >= 0.6 is 0 Å². The van der Waals surface area contributed by atoms with Crippen LogP contribution in [0.25, 0.3) is 0 Å². The van der Waals surface area contributed by atoms with Gasteiger partial charge < -0.3 is 5.11 Å². The summed E-state index contributed by atoms with van der Waals surface area (Å²) in [6, 6.07) is 7.48. The van der Waals surface area contributed by atoms with Gasteiger partial charge in [0.15, 0.2) is 0 Å². The molecular formula is C21H31NO. The first-order valence-corrected chi connectivity index (χ1v) is 9.85. The van der Waals surface area contributed by atoms with E-state index in [1.54, 1.807) is 0 Å². The number of benzene rings is 1. The Labute approximate surface area is 140 Å². The van der Waals surface area contributed by atoms with E-state index in [2.05, 4.69) is 23.1 Å². The fourth-order valence-corrected chi connectivity index (χ4v) is 5.24. The number of β-amino-alcohol motifs (C(OH)–C–C–N with tert-alkyl or cyclic N) is 1. The van der Waals surface area contributed by atoms with Crippen molar-refractivity contribution in [1.29, 1.82) is 0 Å². The fraction of sp³-hybridized carbons (Fsp3) is 0.714. The summed E-state index contributed by atoms with van der Waals surface area (Å²) in [7, 11) is 0. The molecule has 1 saturated heterocycles. The van der Waals surface area contributed by atoms with Crippen molar-refractivity contribution in [3.8, 4) is 0 Å². The Bertz CT molecular complexity index is 539. The van der Waals surface area contributed by atoms with Gasteiger partial charge in [0.2, 0.25) is 0 Å². The summed E-state index contributed by atoms with van der Waals surface area (Å²) in [6.45, 7) is 2.02. The van der Waals surface area contributed by atoms with Crippen molar-refractivity contribution in [1.82, 2.24) is 4.90 Å². The number of fused-ring (bicyclic) bond motifs is 2. The first-order valence-electron chi connectivity index (χ1n) is 9.85. The maximum absolute atomic E-state index is 10.8. The van der Waals surface area contributed by atoms with Crippen molar-refractivity contribution < 1.29 is 5.11 Å². The van der Waals surface area contributed by atoms with Crippen LogP contribution in [0.2, 0.25) is 0 Å². The Kier molecular flexibility index (Phi) is 4.73. The quantitative estimate of drug-likeness (QED) is 0.901. The SMILES string of the molecule is OC(CN1CCCC2CCCCC21)c1ccc2c(c1)CCCC2. The van der Waals surface area contributed by atoms with Crippen molar-refractivity contribution in [2.24, 2.45) is 5.92 Å². The van der Waals surface area contributed by atoms with E-state index < -0.39 is 0 Å². The number of likely N-dealkylation sites (tertiary alicyclic amines) is 1. The van der Waals surface area contributed by atoms with Crippen molar-refractivity contribution in [2.45, 2.75) is 76.4 Å². The van der Waals surface area contributed by atoms with Crippen LogP contribution < -0.4 is 0 Å². The summed E-state index contributed by atoms with van der Waals surface area (Å²) < 4.78 is 0. The average Bonchev–Trinajstić information content (AvgIpc) is 2.61. The van der Waals surface area contributed by atoms with E-state index in [1.807, 2.05) is 0 Å². The van der Waals surface area contributed by atoms with Crippen molar-refractivity contribution in [3.05, 3.63) is 34.9 Å². The van der Waals surface area contributed by atoms with Crippen LogP contribution in [0.5, 0.6) is 0 Å². The third-order valence-electron chi connectivity index (χ3n) is 6.52. The summed E-state index contributed by atoms with van der Waals surface area (Å²) in [5.41, 5.74) is 4.14. The van der Waals surface area contributed by atoms with Gasteiger partial charge >= 0.3 is 0 Å². The van der Waals surface area contributed by atoms with E-state index in [1.165, 1.54) is 81.9 Å². The van der Waals surface area contributed by atoms with E-state index in [4.69, 9.17) is 0 Å². The molecule has 1 N–H and O–H groups in total. The van der Waals surface area contributed by atoms with Crippen molar-refractivity contribution in [2.75, 3.05) is 13.1 Å². The normalized spacial score (nSPS) is 29.6. The molecule has 0 bridgehead atoms. The van der Waals surface area contributed by atoms with Gasteiger partial charge in [-0.3, -0.25) is 4.90 Å². The Morgan fingerprint density at radius 1 is 0.957 bits per heavy atom. The highest BCUT2D eigenvalue weighted by atomic mass is 16.3. The molecular weight excluding hydrogens is 282 g/mol. The van der Waals surface area contributed by atoms with E-state index >= 15 is 0 Å². The van der Waals surface area contributed by atoms with E-state index in [0.717, 1.165) is 24.1 Å². The lowest BCUT2D eigenvalue weighted by Crippen LogP contribution is -2.48. The van der Waals surface area contributed by atoms with Gasteiger partial charge in [-0.05, 0) is 80.5 Å². The largest absolute Gasteiger partial charge is 0.387 e. The van der Waals surface area contributed by atoms with Gasteiger partial charge in [-0.15, -0.1) is 0 Å². The number of nitrogens with zero attached hydrogens (tertiary/aromatic N) is 1. The zero-order valence-electron chi connectivity index (χ0n) is 14.3. The second-order valence-corrected chi connectivity index (χ2v) is 8.00. The van der Waals surface area contributed by atoms with E-state index in [-0.39, 0.29) is 6.10 Å². The Morgan fingerprint density at radius 3 is 2.65 bits per heavy atom. The van der Waals surface area contributed by atoms with Gasteiger partial charge in [-0.25, -0.2) is 0 Å². The molecule has 126 valence electrons. The molecule has 3 unspecified atom stereocenters. The predicted molar refractivity (Wildman–Crippen MR) is 94.6 cm³/mol. The number of hydrogen-bond acceptors (Lipinski definition) is 2. The number of aliphatic hydroxyl groups is 1. The molecule has 0 radical (unpaired) electrons. The highest BCUT2D eigenvalue weighted by molar-refractivity contribution is 5.34. The molecule has 2 heteroatoms. The number of aliphatic hydroxyl groups excluding tert-OH is 1. The number of hydrogen-bond donors (Lipinski definition) is 1. The summed E-state index contributed by atoms with van der Waals surface area (Å²) in [6.07, 6.45) is 13.0. The Hall–Kier alpha value is -0.860. The average molecular weight is 313 g/mol. The van der Waals surface area contributed by atoms with E-state index in [9.17, 15) is 5.11 Å². The molecule has 0 aromatic heterocycles. The van der Waals surface area contributed by atoms with Crippen LogP contribution in [0.3, 0.4) is 0 Å². The van der Waals surface area contributed by atoms with Gasteiger partial charge in [0.1, 0.15) is 0 Å². The molecule has 1 heterocycles. The highest BCUT2D eigenvalue weighted by Gasteiger charge is 2.34. The van der Waals surface area contributed by atoms with Gasteiger partial charge in [-0.2, -0.15) is 0 Å². The van der Waals surface area contributed by atoms with Gasteiger partial charge in [-0.1, -0.05) is 31.0 Å². The minimum absolute atomic E-state index is 0.317. The molecule has 1 saturated carbocycles. The van der Waals surface area contributed by atoms with Crippen LogP contribution in [0.15, 0.2) is 18.2 Å². The van der Waals surface area contributed by atoms with Gasteiger partial charge in [0.25, 0.3) is 0 Å². The molecule has 1 aromatic rings. The topological polar surface area (TPSA) is 23.5 Å². The van der Waals surface area contributed by atoms with Gasteiger partial charge in [0, 0.05) is 12.6 Å². The second kappa shape index (κ2) is 6.94. The molecule has 0 amide bonds. The van der Waals surface area contributed by atoms with Crippen molar-refractivity contribution in [3.63, 3.8) is 0 Å². The van der Waals surface area contributed by atoms with Crippen LogP contribution in [-0.2, 0) is 12.8 Å². The van der Waals surface area contributed by atoms with Crippen LogP contribution in [0.1, 0.15) is 74.2 Å². The molecule has 2 nitrogen and oxygen atoms in total. The van der Waals surface area contributed by atoms with Crippen LogP contribution in [0.4, 0.5) is 0 Å². The third kappa shape index (κ3) is 3.34. The van der Waals surface area contributed by atoms with Crippen LogP contribution in [-0.4, -0.2) is 29.1 Å². The number of aryl methyl sites for hydroxylation is 2. The Balaban J connectivity index is 1.45. The maximum atomic E-state index is 10.8. The monoisotopic (exact) mass is 313 g/mol. The third-order valence-corrected chi connectivity index (χ3v) is 6.52. The first-order chi connectivity index (χ1) is 11.3. The molecule has 2 aliphatic carbocycles. The standard InChI is InChI=1S/C21H31NO/c23-21(19-12-11-16-6-1-2-8-18(16)14-19)15-22-13-5-9-17-7-3-4-10-20(17)22/h11-12,14,17,20-21,23H,1-10,13,15H2. The zero-order chi connectivity index (χ0) is 15.6. The lowest BCUT2D eigenvalue weighted by atomic mass is 9.78. The van der Waals surface area contributed by atoms with E-state index in [0.29, 0.717) is 0 Å². The summed E-state index contributed by atoms with van der Waals surface area (Å²) in [4.78, 5) is 2.61. The predicted octanol–water partition coefficient (Wildman–Crippen LogP) is 4.25. The lowest BCUT2D eigenvalue weighted by molar-refractivity contribution is 0.0205. The van der Waals surface area contributed by atoms with Crippen molar-refractivity contribution >= 4 is 0 Å². The van der Waals surface area contributed by atoms with Crippen LogP contribution in [0, 0.1) is 5.92 Å². The minimum Gasteiger partial charge on any atom is -0.387 e. The molecule has 1 aromatic carbocycles. The summed E-state index contributed by atoms with van der Waals surface area (Å²) in [5, 5.41) is 10.8. The maximum Gasteiger partial charge on any atom is 0.0917 e. The smallest absolute Gasteiger partial charge is 0.0917 e. The molecule has 2 fully saturated rings. The highest BCUT2D eigenvalue weighted by Crippen LogP contribution is 2.36. The molecule has 1 aliphatic heterocycles. The van der Waals surface area contributed by atoms with Gasteiger partial charge in [0.05, 0.1) is 6.10 Å². The summed E-state index contributed by atoms with van der Waals surface area (Å²) in [5.74, 6) is 0.897. The molecule has 3 aliphatic rings. The molecule has 4 rings (SSSR count). The second-order valence-electron chi connectivity index (χ2n) is 8.00.